The third-order valence-electron chi connectivity index (χ3n) is 1.06. The number of nitrogens with one attached hydrogen (secondary N) is 1. The molecule has 0 aliphatic heterocycles. The Morgan fingerprint density at radius 1 is 1.64 bits per heavy atom. The van der Waals surface area contributed by atoms with Crippen molar-refractivity contribution >= 4 is 24.0 Å². The van der Waals surface area contributed by atoms with Gasteiger partial charge in [0.15, 0.2) is 0 Å². The summed E-state index contributed by atoms with van der Waals surface area (Å²) in [6, 6.07) is -0.291. The van der Waals surface area contributed by atoms with E-state index in [1.807, 2.05) is 13.3 Å². The molecule has 0 amide bonds. The van der Waals surface area contributed by atoms with E-state index in [9.17, 15) is 4.79 Å². The van der Waals surface area contributed by atoms with Crippen molar-refractivity contribution in [3.63, 3.8) is 0 Å². The molecule has 1 N–H and O–H groups in total. The molecule has 0 bridgehead atoms. The molecule has 0 aromatic heterocycles. The highest BCUT2D eigenvalue weighted by Gasteiger charge is 2.15. The molecule has 0 aliphatic carbocycles. The minimum Gasteiger partial charge on any atom is -0.468 e. The van der Waals surface area contributed by atoms with Crippen molar-refractivity contribution in [3.05, 3.63) is 0 Å². The van der Waals surface area contributed by atoms with Crippen LogP contribution in [0, 0.1) is 0 Å². The van der Waals surface area contributed by atoms with Crippen LogP contribution < -0.4 is 5.09 Å². The van der Waals surface area contributed by atoms with Gasteiger partial charge in [-0.15, -0.1) is 0 Å². The molecule has 3 nitrogen and oxygen atoms in total. The lowest BCUT2D eigenvalue weighted by Crippen LogP contribution is -2.32. The van der Waals surface area contributed by atoms with Crippen LogP contribution in [0.5, 0.6) is 0 Å². The number of hydrogen-bond acceptors (Lipinski definition) is 3. The smallest absolute Gasteiger partial charge is 0.322 e. The van der Waals surface area contributed by atoms with E-state index in [1.54, 1.807) is 6.92 Å². The minimum atomic E-state index is -1.51. The molecule has 66 valence electrons. The molecule has 5 heteroatoms. The topological polar surface area (TPSA) is 38.3 Å². The van der Waals surface area contributed by atoms with Gasteiger partial charge in [-0.25, -0.2) is 0 Å². The van der Waals surface area contributed by atoms with E-state index < -0.39 is 6.19 Å². The summed E-state index contributed by atoms with van der Waals surface area (Å²) in [7, 11) is 1.37. The normalized spacial score (nSPS) is 14.2. The van der Waals surface area contributed by atoms with Gasteiger partial charge in [-0.05, 0) is 20.3 Å². The highest BCUT2D eigenvalue weighted by Crippen LogP contribution is 2.31. The highest BCUT2D eigenvalue weighted by atomic mass is 32.4. The van der Waals surface area contributed by atoms with E-state index in [4.69, 9.17) is 11.8 Å². The number of methoxy groups -OCH3 is 1. The number of esters is 1. The summed E-state index contributed by atoms with van der Waals surface area (Å²) >= 11 is 5.12. The van der Waals surface area contributed by atoms with Crippen LogP contribution in [0.1, 0.15) is 6.92 Å². The summed E-state index contributed by atoms with van der Waals surface area (Å²) in [4.78, 5) is 10.9. The highest BCUT2D eigenvalue weighted by molar-refractivity contribution is 8.13. The Bertz CT molecular complexity index is 189. The lowest BCUT2D eigenvalue weighted by Gasteiger charge is -2.17. The van der Waals surface area contributed by atoms with Gasteiger partial charge in [0, 0.05) is 6.19 Å². The molecule has 0 radical (unpaired) electrons. The molecule has 0 saturated heterocycles. The molecule has 1 atom stereocenters. The maximum atomic E-state index is 10.9. The van der Waals surface area contributed by atoms with Crippen LogP contribution in [0.2, 0.25) is 0 Å². The zero-order chi connectivity index (χ0) is 9.07. The number of carbonyl (C=O) groups is 1. The Balaban J connectivity index is 3.98. The second-order valence-corrected chi connectivity index (χ2v) is 8.42. The van der Waals surface area contributed by atoms with Crippen LogP contribution in [0.25, 0.3) is 0 Å². The summed E-state index contributed by atoms with van der Waals surface area (Å²) in [6.45, 7) is 5.61. The van der Waals surface area contributed by atoms with Crippen LogP contribution in [0.4, 0.5) is 0 Å². The van der Waals surface area contributed by atoms with Crippen molar-refractivity contribution in [2.75, 3.05) is 20.4 Å². The van der Waals surface area contributed by atoms with Gasteiger partial charge >= 0.3 is 5.97 Å². The third kappa shape index (κ3) is 5.36. The van der Waals surface area contributed by atoms with Crippen LogP contribution in [-0.2, 0) is 21.3 Å². The summed E-state index contributed by atoms with van der Waals surface area (Å²) < 4.78 is 4.53. The predicted octanol–water partition coefficient (Wildman–Crippen LogP) is 0.792. The average Bonchev–Trinajstić information content (AvgIpc) is 1.82. The maximum Gasteiger partial charge on any atom is 0.322 e. The largest absolute Gasteiger partial charge is 0.468 e. The van der Waals surface area contributed by atoms with Crippen molar-refractivity contribution in [1.82, 2.24) is 5.09 Å². The molecule has 0 fully saturated rings. The third-order valence-corrected chi connectivity index (χ3v) is 2.38. The van der Waals surface area contributed by atoms with E-state index in [0.717, 1.165) is 0 Å². The van der Waals surface area contributed by atoms with E-state index in [-0.39, 0.29) is 12.0 Å². The molecule has 0 unspecified atom stereocenters. The van der Waals surface area contributed by atoms with Crippen molar-refractivity contribution < 1.29 is 9.53 Å². The average molecular weight is 195 g/mol. The van der Waals surface area contributed by atoms with Gasteiger partial charge in [0.25, 0.3) is 0 Å². The van der Waals surface area contributed by atoms with E-state index in [2.05, 4.69) is 9.82 Å². The quantitative estimate of drug-likeness (QED) is 0.534. The van der Waals surface area contributed by atoms with Crippen LogP contribution in [0.3, 0.4) is 0 Å². The molecular weight excluding hydrogens is 181 g/mol. The molecular formula is C6H14NO2PS. The lowest BCUT2D eigenvalue weighted by molar-refractivity contribution is -0.142. The Kier molecular flexibility index (Phi) is 4.22. The first-order valence-corrected chi connectivity index (χ1v) is 6.97. The Morgan fingerprint density at radius 2 is 2.09 bits per heavy atom. The van der Waals surface area contributed by atoms with Crippen LogP contribution in [-0.4, -0.2) is 32.5 Å². The second kappa shape index (κ2) is 4.19. The summed E-state index contributed by atoms with van der Waals surface area (Å²) in [5.41, 5.74) is 0. The van der Waals surface area contributed by atoms with Crippen molar-refractivity contribution in [2.45, 2.75) is 13.0 Å². The molecule has 0 aliphatic rings. The first kappa shape index (κ1) is 11.1. The maximum absolute atomic E-state index is 10.9. The zero-order valence-corrected chi connectivity index (χ0v) is 8.96. The summed E-state index contributed by atoms with van der Waals surface area (Å²) in [5.74, 6) is -0.261. The molecule has 0 saturated carbocycles. The number of hydrogen-bond donors (Lipinski definition) is 1. The van der Waals surface area contributed by atoms with Gasteiger partial charge in [-0.2, -0.15) is 0 Å². The van der Waals surface area contributed by atoms with Crippen molar-refractivity contribution in [2.24, 2.45) is 0 Å². The van der Waals surface area contributed by atoms with Gasteiger partial charge < -0.3 is 4.74 Å². The molecule has 0 spiro atoms. The molecule has 0 rings (SSSR count). The lowest BCUT2D eigenvalue weighted by atomic mass is 10.4. The van der Waals surface area contributed by atoms with Gasteiger partial charge in [-0.3, -0.25) is 9.88 Å². The SMILES string of the molecule is COC(=O)[C@H](C)NP(C)(C)=S. The number of carbonyl (C=O) groups excluding carboxylic acids is 1. The Labute approximate surface area is 72.6 Å². The van der Waals surface area contributed by atoms with Crippen molar-refractivity contribution in [1.29, 1.82) is 0 Å². The fourth-order valence-corrected chi connectivity index (χ4v) is 2.21. The standard InChI is InChI=1S/C6H14NO2PS/c1-5(6(8)9-2)7-10(3,4)11/h5H,1-4H3,(H,7,11)/t5-/m0/s1. The van der Waals surface area contributed by atoms with E-state index in [0.29, 0.717) is 0 Å². The zero-order valence-electron chi connectivity index (χ0n) is 7.25. The summed E-state index contributed by atoms with van der Waals surface area (Å²) in [6.07, 6.45) is -1.51. The van der Waals surface area contributed by atoms with Crippen LogP contribution >= 0.6 is 6.19 Å². The van der Waals surface area contributed by atoms with Crippen molar-refractivity contribution in [3.8, 4) is 0 Å². The fourth-order valence-electron chi connectivity index (χ4n) is 0.696. The van der Waals surface area contributed by atoms with Gasteiger partial charge in [0.05, 0.1) is 7.11 Å². The number of rotatable bonds is 3. The first-order valence-electron chi connectivity index (χ1n) is 3.27. The Hall–Kier alpha value is 0.0800. The summed E-state index contributed by atoms with van der Waals surface area (Å²) in [5, 5.41) is 3.02. The Morgan fingerprint density at radius 3 is 2.36 bits per heavy atom. The van der Waals surface area contributed by atoms with Crippen LogP contribution in [0.15, 0.2) is 0 Å². The monoisotopic (exact) mass is 195 g/mol. The molecule has 11 heavy (non-hydrogen) atoms. The van der Waals surface area contributed by atoms with E-state index in [1.165, 1.54) is 7.11 Å². The first-order chi connectivity index (χ1) is 4.87. The predicted molar refractivity (Wildman–Crippen MR) is 50.7 cm³/mol. The number of ether oxygens (including phenoxy) is 1. The van der Waals surface area contributed by atoms with Gasteiger partial charge in [0.2, 0.25) is 0 Å². The van der Waals surface area contributed by atoms with E-state index >= 15 is 0 Å². The molecule has 0 aromatic rings. The van der Waals surface area contributed by atoms with Gasteiger partial charge in [0.1, 0.15) is 6.04 Å². The van der Waals surface area contributed by atoms with Gasteiger partial charge in [-0.1, -0.05) is 11.8 Å². The molecule has 0 heterocycles. The fraction of sp³-hybridized carbons (Fsp3) is 0.833. The minimum absolute atomic E-state index is 0.261. The molecule has 0 aromatic carbocycles. The second-order valence-electron chi connectivity index (χ2n) is 2.72.